The van der Waals surface area contributed by atoms with Crippen LogP contribution in [0.3, 0.4) is 0 Å². The van der Waals surface area contributed by atoms with Crippen molar-refractivity contribution in [3.05, 3.63) is 0 Å². The van der Waals surface area contributed by atoms with Crippen LogP contribution in [0.25, 0.3) is 0 Å². The van der Waals surface area contributed by atoms with Gasteiger partial charge in [-0.15, -0.1) is 0 Å². The number of ether oxygens (including phenoxy) is 1. The van der Waals surface area contributed by atoms with Crippen LogP contribution in [0.15, 0.2) is 0 Å². The van der Waals surface area contributed by atoms with Crippen LogP contribution in [0.5, 0.6) is 0 Å². The molecule has 6 nitrogen and oxygen atoms in total. The summed E-state index contributed by atoms with van der Waals surface area (Å²) in [5, 5.41) is 7.66. The number of methoxy groups -OCH3 is 1. The molecule has 0 saturated heterocycles. The van der Waals surface area contributed by atoms with E-state index in [1.165, 1.54) is 0 Å². The average Bonchev–Trinajstić information content (AvgIpc) is 1.99. The normalized spacial score (nSPS) is 9.40. The number of hydrazine groups is 1. The third kappa shape index (κ3) is 4.21. The summed E-state index contributed by atoms with van der Waals surface area (Å²) in [5.74, 6) is 4.74. The van der Waals surface area contributed by atoms with Crippen LogP contribution in [0, 0.1) is 5.41 Å². The highest BCUT2D eigenvalue weighted by Gasteiger charge is 1.93. The number of rotatable bonds is 6. The van der Waals surface area contributed by atoms with Crippen molar-refractivity contribution in [2.24, 2.45) is 5.90 Å². The van der Waals surface area contributed by atoms with Crippen molar-refractivity contribution in [2.75, 3.05) is 20.3 Å². The van der Waals surface area contributed by atoms with E-state index in [1.807, 2.05) is 0 Å². The molecular formula is C4H12N4O2. The zero-order valence-corrected chi connectivity index (χ0v) is 5.83. The summed E-state index contributed by atoms with van der Waals surface area (Å²) in [4.78, 5) is 4.17. The fraction of sp³-hybridized carbons (Fsp3) is 0.750. The topological polar surface area (TPSA) is 83.6 Å². The summed E-state index contributed by atoms with van der Waals surface area (Å²) in [6, 6.07) is 0. The van der Waals surface area contributed by atoms with Gasteiger partial charge in [-0.3, -0.25) is 5.41 Å². The molecule has 0 atom stereocenters. The van der Waals surface area contributed by atoms with E-state index < -0.39 is 0 Å². The van der Waals surface area contributed by atoms with Crippen LogP contribution in [-0.2, 0) is 9.68 Å². The van der Waals surface area contributed by atoms with Crippen LogP contribution in [-0.4, -0.2) is 31.8 Å². The fourth-order valence-corrected chi connectivity index (χ4v) is 0.371. The second-order valence-corrected chi connectivity index (χ2v) is 1.46. The van der Waals surface area contributed by atoms with Crippen molar-refractivity contribution in [3.8, 4) is 0 Å². The van der Waals surface area contributed by atoms with Gasteiger partial charge in [0.25, 0.3) is 0 Å². The largest absolute Gasteiger partial charge is 0.383 e. The van der Waals surface area contributed by atoms with Crippen molar-refractivity contribution in [1.29, 1.82) is 5.41 Å². The molecule has 10 heavy (non-hydrogen) atoms. The van der Waals surface area contributed by atoms with E-state index in [0.717, 1.165) is 11.5 Å². The van der Waals surface area contributed by atoms with Crippen molar-refractivity contribution in [2.45, 2.75) is 0 Å². The predicted molar refractivity (Wildman–Crippen MR) is 35.8 cm³/mol. The van der Waals surface area contributed by atoms with Gasteiger partial charge in [0.2, 0.25) is 0 Å². The Morgan fingerprint density at radius 2 is 2.50 bits per heavy atom. The van der Waals surface area contributed by atoms with Gasteiger partial charge in [0.05, 0.1) is 6.61 Å². The first kappa shape index (κ1) is 9.31. The smallest absolute Gasteiger partial charge is 0.128 e. The van der Waals surface area contributed by atoms with Gasteiger partial charge in [0.1, 0.15) is 6.34 Å². The number of hydroxylamine groups is 1. The number of nitrogens with two attached hydrogens (primary N) is 1. The number of nitrogens with zero attached hydrogens (tertiary/aromatic N) is 1. The second-order valence-electron chi connectivity index (χ2n) is 1.46. The Hall–Kier alpha value is -0.690. The van der Waals surface area contributed by atoms with Crippen LogP contribution < -0.4 is 11.3 Å². The highest BCUT2D eigenvalue weighted by Crippen LogP contribution is 1.71. The molecule has 0 aliphatic rings. The fourth-order valence-electron chi connectivity index (χ4n) is 0.371. The van der Waals surface area contributed by atoms with E-state index in [9.17, 15) is 0 Å². The van der Waals surface area contributed by atoms with Gasteiger partial charge in [0.15, 0.2) is 0 Å². The van der Waals surface area contributed by atoms with Crippen molar-refractivity contribution in [1.82, 2.24) is 10.6 Å². The van der Waals surface area contributed by atoms with Crippen molar-refractivity contribution >= 4 is 6.34 Å². The first-order valence-electron chi connectivity index (χ1n) is 2.74. The van der Waals surface area contributed by atoms with Crippen molar-refractivity contribution in [3.63, 3.8) is 0 Å². The zero-order chi connectivity index (χ0) is 7.82. The molecule has 0 aromatic carbocycles. The molecule has 6 heteroatoms. The maximum absolute atomic E-state index is 6.69. The van der Waals surface area contributed by atoms with Crippen molar-refractivity contribution < 1.29 is 9.68 Å². The molecule has 0 radical (unpaired) electrons. The lowest BCUT2D eigenvalue weighted by Crippen LogP contribution is -2.40. The summed E-state index contributed by atoms with van der Waals surface area (Å²) in [7, 11) is 1.58. The first-order valence-corrected chi connectivity index (χ1v) is 2.74. The third-order valence-corrected chi connectivity index (χ3v) is 0.805. The Balaban J connectivity index is 3.17. The molecule has 0 rings (SSSR count). The van der Waals surface area contributed by atoms with Crippen LogP contribution in [0.1, 0.15) is 0 Å². The first-order chi connectivity index (χ1) is 4.85. The molecule has 0 fully saturated rings. The van der Waals surface area contributed by atoms with Gasteiger partial charge in [-0.05, 0) is 0 Å². The molecular weight excluding hydrogens is 136 g/mol. The molecule has 0 aliphatic heterocycles. The third-order valence-electron chi connectivity index (χ3n) is 0.805. The summed E-state index contributed by atoms with van der Waals surface area (Å²) >= 11 is 0. The minimum atomic E-state index is 0.535. The van der Waals surface area contributed by atoms with E-state index in [2.05, 4.69) is 10.4 Å². The number of hydrogen-bond donors (Lipinski definition) is 3. The van der Waals surface area contributed by atoms with E-state index >= 15 is 0 Å². The molecule has 0 spiro atoms. The van der Waals surface area contributed by atoms with Gasteiger partial charge in [0, 0.05) is 13.7 Å². The monoisotopic (exact) mass is 148 g/mol. The Kier molecular flexibility index (Phi) is 5.99. The van der Waals surface area contributed by atoms with E-state index in [4.69, 9.17) is 16.0 Å². The molecule has 0 amide bonds. The highest BCUT2D eigenvalue weighted by molar-refractivity contribution is 5.47. The van der Waals surface area contributed by atoms with E-state index in [1.54, 1.807) is 7.11 Å². The van der Waals surface area contributed by atoms with Gasteiger partial charge in [-0.25, -0.2) is 5.43 Å². The molecule has 0 aromatic heterocycles. The standard InChI is InChI=1S/C4H12N4O2/c1-9-3-2-7-8(4-5)10-6/h4-5,7H,2-3,6H2,1H3. The van der Waals surface area contributed by atoms with Gasteiger partial charge < -0.3 is 4.74 Å². The summed E-state index contributed by atoms with van der Waals surface area (Å²) in [5.41, 5.74) is 2.64. The van der Waals surface area contributed by atoms with Gasteiger partial charge >= 0.3 is 0 Å². The Morgan fingerprint density at radius 3 is 2.90 bits per heavy atom. The average molecular weight is 148 g/mol. The molecule has 0 bridgehead atoms. The predicted octanol–water partition coefficient (Wildman–Crippen LogP) is -1.15. The molecule has 0 aliphatic carbocycles. The summed E-state index contributed by atoms with van der Waals surface area (Å²) in [6.45, 7) is 1.08. The van der Waals surface area contributed by atoms with Crippen LogP contribution in [0.2, 0.25) is 0 Å². The second kappa shape index (κ2) is 6.43. The lowest BCUT2D eigenvalue weighted by atomic mass is 10.7. The summed E-state index contributed by atoms with van der Waals surface area (Å²) < 4.78 is 4.72. The van der Waals surface area contributed by atoms with E-state index in [-0.39, 0.29) is 0 Å². The van der Waals surface area contributed by atoms with Gasteiger partial charge in [-0.1, -0.05) is 0 Å². The molecule has 4 N–H and O–H groups in total. The van der Waals surface area contributed by atoms with Gasteiger partial charge in [-0.2, -0.15) is 16.0 Å². The molecule has 0 unspecified atom stereocenters. The Morgan fingerprint density at radius 1 is 1.80 bits per heavy atom. The molecule has 60 valence electrons. The lowest BCUT2D eigenvalue weighted by Gasteiger charge is -2.14. The molecule has 0 aromatic rings. The lowest BCUT2D eigenvalue weighted by molar-refractivity contribution is -0.137. The maximum Gasteiger partial charge on any atom is 0.128 e. The number of nitrogens with one attached hydrogen (secondary N) is 2. The highest BCUT2D eigenvalue weighted by atomic mass is 16.8. The SMILES string of the molecule is COCCNN(C=N)ON. The molecule has 0 saturated carbocycles. The van der Waals surface area contributed by atoms with Crippen LogP contribution >= 0.6 is 0 Å². The van der Waals surface area contributed by atoms with E-state index in [0.29, 0.717) is 13.2 Å². The number of hydrogen-bond acceptors (Lipinski definition) is 5. The zero-order valence-electron chi connectivity index (χ0n) is 5.83. The molecule has 0 heterocycles. The minimum Gasteiger partial charge on any atom is -0.383 e. The maximum atomic E-state index is 6.69. The Labute approximate surface area is 59.3 Å². The summed E-state index contributed by atoms with van der Waals surface area (Å²) in [6.07, 6.45) is 0.912. The Bertz CT molecular complexity index is 89.3. The quantitative estimate of drug-likeness (QED) is 0.192. The van der Waals surface area contributed by atoms with Crippen LogP contribution in [0.4, 0.5) is 0 Å². The minimum absolute atomic E-state index is 0.535.